The number of aromatic nitrogens is 1. The summed E-state index contributed by atoms with van der Waals surface area (Å²) < 4.78 is 16.5. The van der Waals surface area contributed by atoms with Gasteiger partial charge in [0, 0.05) is 22.9 Å². The molecule has 2 amide bonds. The molecule has 0 aliphatic carbocycles. The number of halogens is 2. The van der Waals surface area contributed by atoms with E-state index in [9.17, 15) is 9.18 Å². The number of nitrogens with zero attached hydrogens (tertiary/aromatic N) is 1. The molecular formula is C20H19BrFN3O. The molecule has 0 atom stereocenters. The van der Waals surface area contributed by atoms with Crippen LogP contribution < -0.4 is 10.6 Å². The van der Waals surface area contributed by atoms with Gasteiger partial charge in [0.1, 0.15) is 5.82 Å². The van der Waals surface area contributed by atoms with Crippen molar-refractivity contribution in [3.05, 3.63) is 87.9 Å². The third kappa shape index (κ3) is 4.52. The molecular weight excluding hydrogens is 397 g/mol. The first-order valence-corrected chi connectivity index (χ1v) is 9.00. The fraction of sp³-hybridized carbons (Fsp3) is 0.150. The average molecular weight is 416 g/mol. The predicted octanol–water partition coefficient (Wildman–Crippen LogP) is 5.07. The minimum Gasteiger partial charge on any atom is -0.345 e. The van der Waals surface area contributed by atoms with Crippen molar-refractivity contribution in [2.75, 3.05) is 5.32 Å². The lowest BCUT2D eigenvalue weighted by Crippen LogP contribution is -2.29. The highest BCUT2D eigenvalue weighted by Gasteiger charge is 2.09. The summed E-state index contributed by atoms with van der Waals surface area (Å²) in [6.45, 7) is 3.17. The van der Waals surface area contributed by atoms with E-state index in [-0.39, 0.29) is 5.69 Å². The van der Waals surface area contributed by atoms with Crippen LogP contribution in [0.3, 0.4) is 0 Å². The van der Waals surface area contributed by atoms with Crippen LogP contribution >= 0.6 is 15.9 Å². The Balaban J connectivity index is 1.61. The molecule has 2 aromatic carbocycles. The molecule has 0 saturated carbocycles. The standard InChI is InChI=1S/C20H19BrFN3O/c1-14-5-2-3-6-15(14)13-25-10-4-7-17(25)12-23-20(26)24-19-9-8-16(21)11-18(19)22/h2-11H,12-13H2,1H3,(H2,23,24,26). The number of nitrogens with one attached hydrogen (secondary N) is 2. The lowest BCUT2D eigenvalue weighted by atomic mass is 10.1. The van der Waals surface area contributed by atoms with E-state index in [0.29, 0.717) is 11.0 Å². The smallest absolute Gasteiger partial charge is 0.319 e. The summed E-state index contributed by atoms with van der Waals surface area (Å²) in [6.07, 6.45) is 1.98. The molecule has 0 spiro atoms. The second kappa shape index (κ2) is 8.19. The summed E-state index contributed by atoms with van der Waals surface area (Å²) in [5.41, 5.74) is 3.57. The monoisotopic (exact) mass is 415 g/mol. The Hall–Kier alpha value is -2.60. The molecule has 3 aromatic rings. The van der Waals surface area contributed by atoms with Crippen LogP contribution in [0.5, 0.6) is 0 Å². The van der Waals surface area contributed by atoms with Gasteiger partial charge in [-0.05, 0) is 48.4 Å². The van der Waals surface area contributed by atoms with Crippen LogP contribution in [0.1, 0.15) is 16.8 Å². The summed E-state index contributed by atoms with van der Waals surface area (Å²) in [7, 11) is 0. The maximum atomic E-state index is 13.8. The molecule has 3 rings (SSSR count). The number of amides is 2. The lowest BCUT2D eigenvalue weighted by Gasteiger charge is -2.13. The third-order valence-electron chi connectivity index (χ3n) is 4.13. The number of hydrogen-bond acceptors (Lipinski definition) is 1. The van der Waals surface area contributed by atoms with Gasteiger partial charge >= 0.3 is 6.03 Å². The molecule has 1 heterocycles. The minimum absolute atomic E-state index is 0.140. The Kier molecular flexibility index (Phi) is 5.73. The third-order valence-corrected chi connectivity index (χ3v) is 4.63. The number of carbonyl (C=O) groups is 1. The van der Waals surface area contributed by atoms with Crippen molar-refractivity contribution in [3.63, 3.8) is 0 Å². The molecule has 1 aromatic heterocycles. The molecule has 6 heteroatoms. The van der Waals surface area contributed by atoms with Gasteiger partial charge in [-0.2, -0.15) is 0 Å². The van der Waals surface area contributed by atoms with Gasteiger partial charge in [0.05, 0.1) is 12.2 Å². The molecule has 0 aliphatic rings. The van der Waals surface area contributed by atoms with Gasteiger partial charge in [-0.25, -0.2) is 9.18 Å². The van der Waals surface area contributed by atoms with Crippen molar-refractivity contribution < 1.29 is 9.18 Å². The Bertz CT molecular complexity index is 923. The quantitative estimate of drug-likeness (QED) is 0.600. The van der Waals surface area contributed by atoms with Crippen LogP contribution in [0.4, 0.5) is 14.9 Å². The van der Waals surface area contributed by atoms with E-state index in [4.69, 9.17) is 0 Å². The zero-order valence-corrected chi connectivity index (χ0v) is 15.9. The van der Waals surface area contributed by atoms with Crippen molar-refractivity contribution in [1.29, 1.82) is 0 Å². The number of urea groups is 1. The topological polar surface area (TPSA) is 46.1 Å². The van der Waals surface area contributed by atoms with E-state index in [1.54, 1.807) is 6.07 Å². The van der Waals surface area contributed by atoms with Crippen LogP contribution in [-0.4, -0.2) is 10.6 Å². The van der Waals surface area contributed by atoms with E-state index in [2.05, 4.69) is 50.2 Å². The van der Waals surface area contributed by atoms with Crippen LogP contribution in [0.2, 0.25) is 0 Å². The molecule has 134 valence electrons. The number of carbonyl (C=O) groups excluding carboxylic acids is 1. The highest BCUT2D eigenvalue weighted by atomic mass is 79.9. The largest absolute Gasteiger partial charge is 0.345 e. The summed E-state index contributed by atoms with van der Waals surface area (Å²) in [5.74, 6) is -0.488. The summed E-state index contributed by atoms with van der Waals surface area (Å²) in [4.78, 5) is 12.1. The van der Waals surface area contributed by atoms with Crippen molar-refractivity contribution in [1.82, 2.24) is 9.88 Å². The van der Waals surface area contributed by atoms with E-state index < -0.39 is 11.8 Å². The van der Waals surface area contributed by atoms with E-state index >= 15 is 0 Å². The molecule has 0 saturated heterocycles. The number of hydrogen-bond donors (Lipinski definition) is 2. The van der Waals surface area contributed by atoms with Crippen LogP contribution in [0.25, 0.3) is 0 Å². The maximum absolute atomic E-state index is 13.8. The molecule has 0 radical (unpaired) electrons. The Morgan fingerprint density at radius 1 is 1.15 bits per heavy atom. The van der Waals surface area contributed by atoms with E-state index in [1.165, 1.54) is 23.3 Å². The first-order chi connectivity index (χ1) is 12.5. The predicted molar refractivity (Wildman–Crippen MR) is 105 cm³/mol. The molecule has 0 bridgehead atoms. The SMILES string of the molecule is Cc1ccccc1Cn1cccc1CNC(=O)Nc1ccc(Br)cc1F. The first-order valence-electron chi connectivity index (χ1n) is 8.21. The van der Waals surface area contributed by atoms with Crippen molar-refractivity contribution in [2.45, 2.75) is 20.0 Å². The van der Waals surface area contributed by atoms with Crippen molar-refractivity contribution in [2.24, 2.45) is 0 Å². The zero-order chi connectivity index (χ0) is 18.5. The Morgan fingerprint density at radius 3 is 2.73 bits per heavy atom. The highest BCUT2D eigenvalue weighted by Crippen LogP contribution is 2.19. The molecule has 26 heavy (non-hydrogen) atoms. The maximum Gasteiger partial charge on any atom is 0.319 e. The lowest BCUT2D eigenvalue weighted by molar-refractivity contribution is 0.251. The number of anilines is 1. The number of rotatable bonds is 5. The van der Waals surface area contributed by atoms with Crippen LogP contribution in [0.15, 0.2) is 65.3 Å². The normalized spacial score (nSPS) is 10.6. The van der Waals surface area contributed by atoms with Gasteiger partial charge in [0.25, 0.3) is 0 Å². The summed E-state index contributed by atoms with van der Waals surface area (Å²) in [6, 6.07) is 16.2. The highest BCUT2D eigenvalue weighted by molar-refractivity contribution is 9.10. The molecule has 0 aliphatic heterocycles. The second-order valence-corrected chi connectivity index (χ2v) is 6.90. The molecule has 2 N–H and O–H groups in total. The van der Waals surface area contributed by atoms with Gasteiger partial charge in [-0.3, -0.25) is 0 Å². The summed E-state index contributed by atoms with van der Waals surface area (Å²) >= 11 is 3.19. The average Bonchev–Trinajstić information content (AvgIpc) is 3.05. The van der Waals surface area contributed by atoms with Gasteiger partial charge in [-0.1, -0.05) is 40.2 Å². The molecule has 0 fully saturated rings. The zero-order valence-electron chi connectivity index (χ0n) is 14.3. The van der Waals surface area contributed by atoms with E-state index in [0.717, 1.165) is 12.2 Å². The van der Waals surface area contributed by atoms with E-state index in [1.807, 2.05) is 30.5 Å². The molecule has 0 unspecified atom stereocenters. The van der Waals surface area contributed by atoms with Gasteiger partial charge < -0.3 is 15.2 Å². The van der Waals surface area contributed by atoms with Crippen LogP contribution in [-0.2, 0) is 13.1 Å². The first kappa shape index (κ1) is 18.2. The van der Waals surface area contributed by atoms with Gasteiger partial charge in [0.15, 0.2) is 0 Å². The second-order valence-electron chi connectivity index (χ2n) is 5.99. The minimum atomic E-state index is -0.488. The fourth-order valence-electron chi connectivity index (χ4n) is 2.66. The van der Waals surface area contributed by atoms with Crippen LogP contribution in [0, 0.1) is 12.7 Å². The Morgan fingerprint density at radius 2 is 1.96 bits per heavy atom. The fourth-order valence-corrected chi connectivity index (χ4v) is 3.00. The van der Waals surface area contributed by atoms with Crippen molar-refractivity contribution in [3.8, 4) is 0 Å². The number of aryl methyl sites for hydroxylation is 1. The summed E-state index contributed by atoms with van der Waals surface area (Å²) in [5, 5.41) is 5.29. The van der Waals surface area contributed by atoms with Gasteiger partial charge in [0.2, 0.25) is 0 Å². The van der Waals surface area contributed by atoms with Crippen molar-refractivity contribution >= 4 is 27.6 Å². The van der Waals surface area contributed by atoms with Gasteiger partial charge in [-0.15, -0.1) is 0 Å². The molecule has 4 nitrogen and oxygen atoms in total. The number of benzene rings is 2. The Labute approximate surface area is 160 Å².